The second-order valence-corrected chi connectivity index (χ2v) is 6.58. The van der Waals surface area contributed by atoms with Crippen LogP contribution in [0, 0.1) is 0 Å². The number of ether oxygens (including phenoxy) is 3. The van der Waals surface area contributed by atoms with Crippen molar-refractivity contribution in [2.24, 2.45) is 5.16 Å². The van der Waals surface area contributed by atoms with Crippen molar-refractivity contribution in [3.8, 4) is 17.2 Å². The van der Waals surface area contributed by atoms with Crippen LogP contribution in [0.3, 0.4) is 0 Å². The molecule has 2 heterocycles. The van der Waals surface area contributed by atoms with Gasteiger partial charge in [-0.3, -0.25) is 4.90 Å². The van der Waals surface area contributed by atoms with Gasteiger partial charge in [0.25, 0.3) is 0 Å². The summed E-state index contributed by atoms with van der Waals surface area (Å²) in [5, 5.41) is 13.2. The molecular formula is C20H22N2O4. The first-order valence-electron chi connectivity index (χ1n) is 8.69. The molecule has 0 spiro atoms. The van der Waals surface area contributed by atoms with Crippen molar-refractivity contribution in [2.45, 2.75) is 18.9 Å². The van der Waals surface area contributed by atoms with Gasteiger partial charge in [0.15, 0.2) is 11.5 Å². The van der Waals surface area contributed by atoms with Crippen LogP contribution in [0.5, 0.6) is 17.2 Å². The van der Waals surface area contributed by atoms with Crippen LogP contribution in [0.2, 0.25) is 0 Å². The van der Waals surface area contributed by atoms with E-state index in [9.17, 15) is 5.21 Å². The maximum atomic E-state index is 9.62. The van der Waals surface area contributed by atoms with E-state index in [-0.39, 0.29) is 12.8 Å². The zero-order valence-electron chi connectivity index (χ0n) is 14.9. The van der Waals surface area contributed by atoms with Crippen molar-refractivity contribution in [1.29, 1.82) is 0 Å². The van der Waals surface area contributed by atoms with Gasteiger partial charge >= 0.3 is 0 Å². The molecule has 1 N–H and O–H groups in total. The first-order valence-corrected chi connectivity index (χ1v) is 8.69. The summed E-state index contributed by atoms with van der Waals surface area (Å²) in [6.07, 6.45) is 1.48. The minimum Gasteiger partial charge on any atom is -0.492 e. The lowest BCUT2D eigenvalue weighted by molar-refractivity contribution is 0.170. The van der Waals surface area contributed by atoms with Crippen molar-refractivity contribution in [1.82, 2.24) is 4.90 Å². The van der Waals surface area contributed by atoms with E-state index in [2.05, 4.69) is 23.2 Å². The number of nitrogens with zero attached hydrogens (tertiary/aromatic N) is 2. The molecule has 0 amide bonds. The summed E-state index contributed by atoms with van der Waals surface area (Å²) >= 11 is 0. The number of rotatable bonds is 4. The Labute approximate surface area is 152 Å². The Hall–Kier alpha value is -2.73. The Morgan fingerprint density at radius 3 is 2.85 bits per heavy atom. The molecule has 2 aromatic rings. The predicted molar refractivity (Wildman–Crippen MR) is 97.6 cm³/mol. The van der Waals surface area contributed by atoms with Crippen LogP contribution in [-0.2, 0) is 6.42 Å². The summed E-state index contributed by atoms with van der Waals surface area (Å²) in [4.78, 5) is 2.27. The van der Waals surface area contributed by atoms with Gasteiger partial charge in [-0.05, 0) is 30.7 Å². The standard InChI is InChI=1S/C20H22N2O4/c1-22-9-8-14-10-17-19(26-12-25-17)20(24-2)18(14)16(22)11-15(21-23)13-6-4-3-5-7-13/h3-7,10,16,23H,8-9,11-12H2,1-2H3. The third-order valence-electron chi connectivity index (χ3n) is 5.16. The van der Waals surface area contributed by atoms with Crippen molar-refractivity contribution >= 4 is 5.71 Å². The highest BCUT2D eigenvalue weighted by Gasteiger charge is 2.34. The highest BCUT2D eigenvalue weighted by molar-refractivity contribution is 6.00. The SMILES string of the molecule is COc1c2c(cc3c1C(CC(=NO)c1ccccc1)N(C)CC3)OCO2. The minimum absolute atomic E-state index is 0.0225. The average Bonchev–Trinajstić information content (AvgIpc) is 3.14. The highest BCUT2D eigenvalue weighted by Crippen LogP contribution is 2.50. The van der Waals surface area contributed by atoms with E-state index in [1.807, 2.05) is 30.3 Å². The molecule has 0 bridgehead atoms. The number of likely N-dealkylation sites (N-methyl/N-ethyl adjacent to an activating group) is 1. The quantitative estimate of drug-likeness (QED) is 0.519. The molecule has 0 saturated heterocycles. The summed E-state index contributed by atoms with van der Waals surface area (Å²) < 4.78 is 16.9. The van der Waals surface area contributed by atoms with Crippen LogP contribution in [0.15, 0.2) is 41.6 Å². The van der Waals surface area contributed by atoms with E-state index in [0.29, 0.717) is 17.9 Å². The van der Waals surface area contributed by atoms with Crippen LogP contribution >= 0.6 is 0 Å². The minimum atomic E-state index is 0.0225. The highest BCUT2D eigenvalue weighted by atomic mass is 16.7. The van der Waals surface area contributed by atoms with Crippen molar-refractivity contribution in [3.63, 3.8) is 0 Å². The topological polar surface area (TPSA) is 63.5 Å². The third-order valence-corrected chi connectivity index (χ3v) is 5.16. The predicted octanol–water partition coefficient (Wildman–Crippen LogP) is 3.22. The van der Waals surface area contributed by atoms with Crippen LogP contribution in [0.25, 0.3) is 0 Å². The molecule has 6 heteroatoms. The van der Waals surface area contributed by atoms with E-state index in [1.54, 1.807) is 7.11 Å². The molecule has 1 atom stereocenters. The van der Waals surface area contributed by atoms with Gasteiger partial charge in [0.05, 0.1) is 12.8 Å². The molecule has 26 heavy (non-hydrogen) atoms. The first-order chi connectivity index (χ1) is 12.7. The Kier molecular flexibility index (Phi) is 4.42. The number of fused-ring (bicyclic) bond motifs is 2. The van der Waals surface area contributed by atoms with Crippen LogP contribution in [-0.4, -0.2) is 43.3 Å². The van der Waals surface area contributed by atoms with Gasteiger partial charge in [0.2, 0.25) is 12.5 Å². The van der Waals surface area contributed by atoms with Gasteiger partial charge in [0.1, 0.15) is 0 Å². The smallest absolute Gasteiger partial charge is 0.231 e. The van der Waals surface area contributed by atoms with Gasteiger partial charge in [-0.25, -0.2) is 0 Å². The molecule has 1 unspecified atom stereocenters. The summed E-state index contributed by atoms with van der Waals surface area (Å²) in [5.74, 6) is 2.12. The number of oxime groups is 1. The fraction of sp³-hybridized carbons (Fsp3) is 0.350. The number of methoxy groups -OCH3 is 1. The summed E-state index contributed by atoms with van der Waals surface area (Å²) in [6, 6.07) is 11.8. The van der Waals surface area contributed by atoms with Crippen molar-refractivity contribution < 1.29 is 19.4 Å². The fourth-order valence-electron chi connectivity index (χ4n) is 3.81. The van der Waals surface area contributed by atoms with E-state index in [1.165, 1.54) is 5.56 Å². The Morgan fingerprint density at radius 1 is 1.31 bits per heavy atom. The number of hydrogen-bond acceptors (Lipinski definition) is 6. The zero-order valence-corrected chi connectivity index (χ0v) is 14.9. The molecule has 6 nitrogen and oxygen atoms in total. The monoisotopic (exact) mass is 354 g/mol. The largest absolute Gasteiger partial charge is 0.492 e. The molecule has 4 rings (SSSR count). The maximum Gasteiger partial charge on any atom is 0.231 e. The normalized spacial score (nSPS) is 19.3. The zero-order chi connectivity index (χ0) is 18.1. The van der Waals surface area contributed by atoms with Crippen molar-refractivity contribution in [3.05, 3.63) is 53.1 Å². The second-order valence-electron chi connectivity index (χ2n) is 6.58. The Bertz CT molecular complexity index is 835. The van der Waals surface area contributed by atoms with E-state index in [0.717, 1.165) is 35.6 Å². The maximum absolute atomic E-state index is 9.62. The van der Waals surface area contributed by atoms with Crippen molar-refractivity contribution in [2.75, 3.05) is 27.5 Å². The van der Waals surface area contributed by atoms with E-state index < -0.39 is 0 Å². The van der Waals surface area contributed by atoms with Gasteiger partial charge in [-0.15, -0.1) is 0 Å². The lowest BCUT2D eigenvalue weighted by Gasteiger charge is -2.36. The van der Waals surface area contributed by atoms with Crippen LogP contribution < -0.4 is 14.2 Å². The summed E-state index contributed by atoms with van der Waals surface area (Å²) in [5.41, 5.74) is 3.84. The van der Waals surface area contributed by atoms with Gasteiger partial charge in [0, 0.05) is 24.6 Å². The van der Waals surface area contributed by atoms with Gasteiger partial charge in [-0.2, -0.15) is 0 Å². The molecular weight excluding hydrogens is 332 g/mol. The molecule has 2 aliphatic heterocycles. The number of hydrogen-bond donors (Lipinski definition) is 1. The first kappa shape index (κ1) is 16.7. The Morgan fingerprint density at radius 2 is 2.12 bits per heavy atom. The summed E-state index contributed by atoms with van der Waals surface area (Å²) in [6.45, 7) is 1.12. The average molecular weight is 354 g/mol. The van der Waals surface area contributed by atoms with E-state index in [4.69, 9.17) is 14.2 Å². The molecule has 2 aliphatic rings. The second kappa shape index (κ2) is 6.88. The molecule has 0 aromatic heterocycles. The van der Waals surface area contributed by atoms with E-state index >= 15 is 0 Å². The van der Waals surface area contributed by atoms with Crippen LogP contribution in [0.4, 0.5) is 0 Å². The number of benzene rings is 2. The third kappa shape index (κ3) is 2.76. The Balaban J connectivity index is 1.76. The lowest BCUT2D eigenvalue weighted by atomic mass is 9.87. The summed E-state index contributed by atoms with van der Waals surface area (Å²) in [7, 11) is 3.74. The van der Waals surface area contributed by atoms with Gasteiger partial charge in [-0.1, -0.05) is 35.5 Å². The molecule has 136 valence electrons. The molecule has 0 saturated carbocycles. The lowest BCUT2D eigenvalue weighted by Crippen LogP contribution is -2.34. The molecule has 0 fully saturated rings. The fourth-order valence-corrected chi connectivity index (χ4v) is 3.81. The molecule has 0 aliphatic carbocycles. The van der Waals surface area contributed by atoms with Gasteiger partial charge < -0.3 is 19.4 Å². The molecule has 0 radical (unpaired) electrons. The van der Waals surface area contributed by atoms with Crippen LogP contribution in [0.1, 0.15) is 29.2 Å². The molecule has 2 aromatic carbocycles.